The summed E-state index contributed by atoms with van der Waals surface area (Å²) < 4.78 is 9.52. The quantitative estimate of drug-likeness (QED) is 0.796. The monoisotopic (exact) mass is 325 g/mol. The number of carbonyl (C=O) groups is 1. The van der Waals surface area contributed by atoms with E-state index in [0.717, 1.165) is 24.1 Å². The van der Waals surface area contributed by atoms with Gasteiger partial charge in [-0.05, 0) is 25.0 Å². The molecule has 1 fully saturated rings. The third-order valence-electron chi connectivity index (χ3n) is 4.35. The number of nitrogens with zero attached hydrogens (tertiary/aromatic N) is 4. The third kappa shape index (κ3) is 2.78. The number of hydrogen-bond acceptors (Lipinski definition) is 4. The molecule has 2 atom stereocenters. The summed E-state index contributed by atoms with van der Waals surface area (Å²) in [6, 6.07) is 3.52. The van der Waals surface area contributed by atoms with Gasteiger partial charge >= 0.3 is 0 Å². The Morgan fingerprint density at radius 3 is 3.17 bits per heavy atom. The summed E-state index contributed by atoms with van der Waals surface area (Å²) in [5.41, 5.74) is 2.35. The largest absolute Gasteiger partial charge is 0.371 e. The first-order valence-corrected chi connectivity index (χ1v) is 8.04. The fourth-order valence-electron chi connectivity index (χ4n) is 3.15. The Labute approximate surface area is 139 Å². The number of aromatic nitrogens is 4. The van der Waals surface area contributed by atoms with Crippen LogP contribution >= 0.6 is 0 Å². The highest BCUT2D eigenvalue weighted by atomic mass is 16.5. The van der Waals surface area contributed by atoms with Gasteiger partial charge in [-0.3, -0.25) is 9.48 Å². The minimum Gasteiger partial charge on any atom is -0.371 e. The van der Waals surface area contributed by atoms with E-state index in [-0.39, 0.29) is 18.1 Å². The molecule has 124 valence electrons. The molecule has 4 heterocycles. The van der Waals surface area contributed by atoms with Crippen LogP contribution in [0.1, 0.15) is 34.9 Å². The Bertz CT molecular complexity index is 869. The number of hydrogen-bond donors (Lipinski definition) is 1. The lowest BCUT2D eigenvalue weighted by Crippen LogP contribution is -2.42. The molecule has 0 aliphatic carbocycles. The molecule has 7 nitrogen and oxygen atoms in total. The zero-order chi connectivity index (χ0) is 16.5. The fourth-order valence-corrected chi connectivity index (χ4v) is 3.15. The van der Waals surface area contributed by atoms with Crippen molar-refractivity contribution in [3.8, 4) is 0 Å². The third-order valence-corrected chi connectivity index (χ3v) is 4.35. The maximum atomic E-state index is 12.6. The Hall–Kier alpha value is -2.67. The predicted molar refractivity (Wildman–Crippen MR) is 87.6 cm³/mol. The lowest BCUT2D eigenvalue weighted by atomic mass is 9.97. The van der Waals surface area contributed by atoms with Crippen LogP contribution in [0.15, 0.2) is 43.1 Å². The van der Waals surface area contributed by atoms with Gasteiger partial charge in [-0.2, -0.15) is 5.10 Å². The van der Waals surface area contributed by atoms with Crippen LogP contribution in [0.4, 0.5) is 0 Å². The van der Waals surface area contributed by atoms with Gasteiger partial charge in [0.1, 0.15) is 11.8 Å². The van der Waals surface area contributed by atoms with E-state index in [1.807, 2.05) is 30.0 Å². The number of nitrogens with one attached hydrogen (secondary N) is 1. The molecule has 1 aliphatic heterocycles. The van der Waals surface area contributed by atoms with Crippen molar-refractivity contribution in [2.75, 3.05) is 6.61 Å². The van der Waals surface area contributed by atoms with Crippen molar-refractivity contribution in [1.29, 1.82) is 0 Å². The minimum absolute atomic E-state index is 0.0635. The van der Waals surface area contributed by atoms with Gasteiger partial charge in [0.15, 0.2) is 0 Å². The Kier molecular flexibility index (Phi) is 3.78. The molecule has 1 saturated heterocycles. The van der Waals surface area contributed by atoms with Gasteiger partial charge in [0.05, 0.1) is 12.2 Å². The molecule has 0 radical (unpaired) electrons. The smallest absolute Gasteiger partial charge is 0.251 e. The molecular formula is C17H19N5O2. The SMILES string of the molecule is Cn1cc([C@H]2OCCC[C@@H]2NC(=O)c2ccn3ccnc3c2)cn1. The molecule has 0 saturated carbocycles. The Balaban J connectivity index is 1.54. The summed E-state index contributed by atoms with van der Waals surface area (Å²) in [5, 5.41) is 7.32. The summed E-state index contributed by atoms with van der Waals surface area (Å²) >= 11 is 0. The van der Waals surface area contributed by atoms with Crippen LogP contribution in [0, 0.1) is 0 Å². The number of pyridine rings is 1. The average Bonchev–Trinajstić information content (AvgIpc) is 3.23. The van der Waals surface area contributed by atoms with Crippen molar-refractivity contribution < 1.29 is 9.53 Å². The summed E-state index contributed by atoms with van der Waals surface area (Å²) in [5.74, 6) is -0.107. The molecule has 0 aromatic carbocycles. The molecule has 0 bridgehead atoms. The first-order valence-electron chi connectivity index (χ1n) is 8.04. The number of aryl methyl sites for hydroxylation is 1. The first-order chi connectivity index (χ1) is 11.7. The van der Waals surface area contributed by atoms with Crippen molar-refractivity contribution in [2.24, 2.45) is 7.05 Å². The van der Waals surface area contributed by atoms with E-state index >= 15 is 0 Å². The average molecular weight is 325 g/mol. The van der Waals surface area contributed by atoms with Crippen LogP contribution in [-0.2, 0) is 11.8 Å². The van der Waals surface area contributed by atoms with Crippen molar-refractivity contribution in [3.63, 3.8) is 0 Å². The zero-order valence-electron chi connectivity index (χ0n) is 13.4. The van der Waals surface area contributed by atoms with E-state index in [0.29, 0.717) is 12.2 Å². The molecule has 3 aromatic heterocycles. The van der Waals surface area contributed by atoms with E-state index in [2.05, 4.69) is 15.4 Å². The minimum atomic E-state index is -0.161. The summed E-state index contributed by atoms with van der Waals surface area (Å²) in [4.78, 5) is 16.9. The lowest BCUT2D eigenvalue weighted by Gasteiger charge is -2.31. The molecular weight excluding hydrogens is 306 g/mol. The normalized spacial score (nSPS) is 21.0. The topological polar surface area (TPSA) is 73.5 Å². The maximum Gasteiger partial charge on any atom is 0.251 e. The standard InChI is InChI=1S/C17H19N5O2/c1-21-11-13(10-19-21)16-14(3-2-8-24-16)20-17(23)12-4-6-22-7-5-18-15(22)9-12/h4-7,9-11,14,16H,2-3,8H2,1H3,(H,20,23)/t14-,16+/m0/s1. The van der Waals surface area contributed by atoms with Crippen LogP contribution in [0.3, 0.4) is 0 Å². The van der Waals surface area contributed by atoms with Gasteiger partial charge in [-0.15, -0.1) is 0 Å². The van der Waals surface area contributed by atoms with Crippen LogP contribution < -0.4 is 5.32 Å². The zero-order valence-corrected chi connectivity index (χ0v) is 13.4. The fraction of sp³-hybridized carbons (Fsp3) is 0.353. The van der Waals surface area contributed by atoms with E-state index in [4.69, 9.17) is 4.74 Å². The highest BCUT2D eigenvalue weighted by Crippen LogP contribution is 2.28. The molecule has 0 unspecified atom stereocenters. The number of imidazole rings is 1. The van der Waals surface area contributed by atoms with Crippen LogP contribution in [0.25, 0.3) is 5.65 Å². The second-order valence-corrected chi connectivity index (χ2v) is 6.07. The van der Waals surface area contributed by atoms with Crippen molar-refractivity contribution >= 4 is 11.6 Å². The van der Waals surface area contributed by atoms with Crippen molar-refractivity contribution in [1.82, 2.24) is 24.5 Å². The van der Waals surface area contributed by atoms with Gasteiger partial charge < -0.3 is 14.5 Å². The van der Waals surface area contributed by atoms with Gasteiger partial charge in [0, 0.05) is 49.6 Å². The van der Waals surface area contributed by atoms with Crippen LogP contribution in [-0.4, -0.2) is 37.7 Å². The maximum absolute atomic E-state index is 12.6. The Morgan fingerprint density at radius 1 is 1.42 bits per heavy atom. The lowest BCUT2D eigenvalue weighted by molar-refractivity contribution is -0.00949. The number of rotatable bonds is 3. The second-order valence-electron chi connectivity index (χ2n) is 6.07. The molecule has 24 heavy (non-hydrogen) atoms. The Morgan fingerprint density at radius 2 is 2.33 bits per heavy atom. The highest BCUT2D eigenvalue weighted by molar-refractivity contribution is 5.95. The molecule has 1 N–H and O–H groups in total. The van der Waals surface area contributed by atoms with Crippen molar-refractivity contribution in [2.45, 2.75) is 25.0 Å². The van der Waals surface area contributed by atoms with Gasteiger partial charge in [0.25, 0.3) is 5.91 Å². The molecule has 1 amide bonds. The van der Waals surface area contributed by atoms with Gasteiger partial charge in [0.2, 0.25) is 0 Å². The summed E-state index contributed by atoms with van der Waals surface area (Å²) in [7, 11) is 1.87. The highest BCUT2D eigenvalue weighted by Gasteiger charge is 2.30. The van der Waals surface area contributed by atoms with E-state index in [1.165, 1.54) is 0 Å². The van der Waals surface area contributed by atoms with Crippen molar-refractivity contribution in [3.05, 3.63) is 54.2 Å². The van der Waals surface area contributed by atoms with Crippen LogP contribution in [0.2, 0.25) is 0 Å². The van der Waals surface area contributed by atoms with E-state index < -0.39 is 0 Å². The van der Waals surface area contributed by atoms with Gasteiger partial charge in [-0.25, -0.2) is 4.98 Å². The summed E-state index contributed by atoms with van der Waals surface area (Å²) in [6.07, 6.45) is 10.8. The second kappa shape index (κ2) is 6.09. The number of amides is 1. The van der Waals surface area contributed by atoms with E-state index in [1.54, 1.807) is 29.2 Å². The molecule has 3 aromatic rings. The van der Waals surface area contributed by atoms with E-state index in [9.17, 15) is 4.79 Å². The first kappa shape index (κ1) is 14.9. The number of fused-ring (bicyclic) bond motifs is 1. The molecule has 4 rings (SSSR count). The van der Waals surface area contributed by atoms with Gasteiger partial charge in [-0.1, -0.05) is 0 Å². The molecule has 7 heteroatoms. The number of ether oxygens (including phenoxy) is 1. The molecule has 1 aliphatic rings. The number of carbonyl (C=O) groups excluding carboxylic acids is 1. The van der Waals surface area contributed by atoms with Crippen LogP contribution in [0.5, 0.6) is 0 Å². The summed E-state index contributed by atoms with van der Waals surface area (Å²) in [6.45, 7) is 0.700. The molecule has 0 spiro atoms. The predicted octanol–water partition coefficient (Wildman–Crippen LogP) is 1.72.